The van der Waals surface area contributed by atoms with Gasteiger partial charge in [0.25, 0.3) is 0 Å². The fourth-order valence-corrected chi connectivity index (χ4v) is 11.8. The summed E-state index contributed by atoms with van der Waals surface area (Å²) in [7, 11) is 0. The van der Waals surface area contributed by atoms with Crippen molar-refractivity contribution in [3.63, 3.8) is 0 Å². The van der Waals surface area contributed by atoms with Gasteiger partial charge in [0.05, 0.1) is 22.5 Å². The Morgan fingerprint density at radius 3 is 1.72 bits per heavy atom. The second-order valence-corrected chi connectivity index (χ2v) is 17.0. The maximum Gasteiger partial charge on any atom is 0.155 e. The van der Waals surface area contributed by atoms with Gasteiger partial charge in [0, 0.05) is 31.5 Å². The quantitative estimate of drug-likeness (QED) is 0.178. The molecule has 9 aromatic carbocycles. The number of rotatable bonds is 3. The monoisotopic (exact) mass is 784 g/mol. The van der Waals surface area contributed by atoms with E-state index in [1.165, 1.54) is 64.7 Å². The lowest BCUT2D eigenvalue weighted by molar-refractivity contribution is 0.446. The molecular formula is C55H32N2O2S. The summed E-state index contributed by atoms with van der Waals surface area (Å²) in [5, 5.41) is 2.50. The second kappa shape index (κ2) is 11.8. The molecule has 10 aromatic rings. The van der Waals surface area contributed by atoms with Crippen LogP contribution in [-0.2, 0) is 5.41 Å². The summed E-state index contributed by atoms with van der Waals surface area (Å²) in [4.78, 5) is 4.78. The molecule has 0 atom stereocenters. The van der Waals surface area contributed by atoms with E-state index in [4.69, 9.17) is 9.47 Å². The van der Waals surface area contributed by atoms with Crippen LogP contribution in [0.2, 0.25) is 0 Å². The van der Waals surface area contributed by atoms with Crippen LogP contribution in [0.3, 0.4) is 0 Å². The zero-order valence-electron chi connectivity index (χ0n) is 32.1. The molecule has 4 nitrogen and oxygen atoms in total. The minimum absolute atomic E-state index is 0.469. The Balaban J connectivity index is 1.06. The topological polar surface area (TPSA) is 24.9 Å². The van der Waals surface area contributed by atoms with Crippen LogP contribution < -0.4 is 19.3 Å². The summed E-state index contributed by atoms with van der Waals surface area (Å²) < 4.78 is 15.7. The largest absolute Gasteiger partial charge is 0.453 e. The van der Waals surface area contributed by atoms with Gasteiger partial charge >= 0.3 is 0 Å². The predicted octanol–water partition coefficient (Wildman–Crippen LogP) is 15.5. The Bertz CT molecular complexity index is 3420. The van der Waals surface area contributed by atoms with Crippen LogP contribution in [0.5, 0.6) is 23.0 Å². The van der Waals surface area contributed by atoms with Crippen LogP contribution in [0.25, 0.3) is 42.4 Å². The number of hydrogen-bond donors (Lipinski definition) is 0. The molecule has 14 rings (SSSR count). The standard InChI is InChI=1S/C55H32N2O2S/c1-5-17-40-35(13-1)36-14-2-6-18-41(36)55(40)42-19-7-3-15-37(42)38-29-27-33(31-43(38)55)56(45-21-11-26-52-53(45)39-16-4-10-25-51(39)60-52)34-28-30-48-46(32-34)57-44-20-8-9-22-47(44)58-49-23-12-24-50(59-48)54(49)57/h1-32H. The van der Waals surface area contributed by atoms with Gasteiger partial charge in [0.1, 0.15) is 5.69 Å². The fraction of sp³-hybridized carbons (Fsp3) is 0.0182. The lowest BCUT2D eigenvalue weighted by Crippen LogP contribution is -2.26. The molecule has 280 valence electrons. The SMILES string of the molecule is c1ccc2c(c1)Oc1cccc3c1N2c1cc(N(c2ccc4c(c2)C2(c5ccccc5-c5ccccc52)c2ccccc2-4)c2cccc4sc5ccccc5c24)ccc1O3. The Morgan fingerprint density at radius 1 is 0.417 bits per heavy atom. The van der Waals surface area contributed by atoms with Crippen LogP contribution in [0.15, 0.2) is 194 Å². The van der Waals surface area contributed by atoms with Crippen molar-refractivity contribution in [3.05, 3.63) is 216 Å². The van der Waals surface area contributed by atoms with Crippen LogP contribution in [-0.4, -0.2) is 0 Å². The summed E-state index contributed by atoms with van der Waals surface area (Å²) in [5.74, 6) is 3.15. The third-order valence-electron chi connectivity index (χ3n) is 13.0. The molecule has 0 saturated heterocycles. The molecule has 0 fully saturated rings. The smallest absolute Gasteiger partial charge is 0.155 e. The molecule has 1 aromatic heterocycles. The van der Waals surface area contributed by atoms with Crippen molar-refractivity contribution < 1.29 is 9.47 Å². The van der Waals surface area contributed by atoms with E-state index >= 15 is 0 Å². The summed E-state index contributed by atoms with van der Waals surface area (Å²) in [6.45, 7) is 0. The first kappa shape index (κ1) is 32.4. The van der Waals surface area contributed by atoms with Gasteiger partial charge in [-0.15, -0.1) is 11.3 Å². The maximum atomic E-state index is 6.69. The van der Waals surface area contributed by atoms with Gasteiger partial charge < -0.3 is 14.4 Å². The van der Waals surface area contributed by atoms with Gasteiger partial charge in [0.15, 0.2) is 23.0 Å². The van der Waals surface area contributed by atoms with Crippen LogP contribution in [0, 0.1) is 0 Å². The molecule has 0 saturated carbocycles. The van der Waals surface area contributed by atoms with E-state index in [0.29, 0.717) is 0 Å². The van der Waals surface area contributed by atoms with Gasteiger partial charge in [-0.25, -0.2) is 0 Å². The molecule has 0 unspecified atom stereocenters. The first-order chi connectivity index (χ1) is 29.8. The summed E-state index contributed by atoms with van der Waals surface area (Å²) >= 11 is 1.85. The maximum absolute atomic E-state index is 6.69. The molecule has 2 aliphatic heterocycles. The number of hydrogen-bond acceptors (Lipinski definition) is 5. The number of ether oxygens (including phenoxy) is 2. The molecular weight excluding hydrogens is 753 g/mol. The molecule has 4 aliphatic rings. The number of anilines is 6. The molecule has 0 bridgehead atoms. The predicted molar refractivity (Wildman–Crippen MR) is 245 cm³/mol. The summed E-state index contributed by atoms with van der Waals surface area (Å²) in [6.07, 6.45) is 0. The highest BCUT2D eigenvalue weighted by Crippen LogP contribution is 2.64. The lowest BCUT2D eigenvalue weighted by atomic mass is 9.70. The van der Waals surface area contributed by atoms with Gasteiger partial charge in [-0.05, 0) is 117 Å². The zero-order valence-corrected chi connectivity index (χ0v) is 32.9. The minimum atomic E-state index is -0.469. The van der Waals surface area contributed by atoms with Crippen molar-refractivity contribution in [2.45, 2.75) is 5.41 Å². The van der Waals surface area contributed by atoms with Crippen molar-refractivity contribution in [2.24, 2.45) is 0 Å². The van der Waals surface area contributed by atoms with E-state index in [-0.39, 0.29) is 0 Å². The Kier molecular flexibility index (Phi) is 6.34. The molecule has 60 heavy (non-hydrogen) atoms. The van der Waals surface area contributed by atoms with Crippen molar-refractivity contribution in [1.29, 1.82) is 0 Å². The van der Waals surface area contributed by atoms with E-state index in [0.717, 1.165) is 57.1 Å². The molecule has 0 N–H and O–H groups in total. The Morgan fingerprint density at radius 2 is 0.967 bits per heavy atom. The van der Waals surface area contributed by atoms with E-state index in [1.807, 2.05) is 41.7 Å². The van der Waals surface area contributed by atoms with Crippen molar-refractivity contribution >= 4 is 65.6 Å². The molecule has 0 radical (unpaired) electrons. The third kappa shape index (κ3) is 4.09. The fourth-order valence-electron chi connectivity index (χ4n) is 10.7. The van der Waals surface area contributed by atoms with Crippen molar-refractivity contribution in [3.8, 4) is 45.3 Å². The van der Waals surface area contributed by atoms with Crippen LogP contribution in [0.4, 0.5) is 34.1 Å². The number of benzene rings is 9. The third-order valence-corrected chi connectivity index (χ3v) is 14.2. The average molecular weight is 785 g/mol. The highest BCUT2D eigenvalue weighted by atomic mass is 32.1. The van der Waals surface area contributed by atoms with Crippen molar-refractivity contribution in [2.75, 3.05) is 9.80 Å². The number of thiophene rings is 1. The van der Waals surface area contributed by atoms with Gasteiger partial charge in [-0.1, -0.05) is 121 Å². The second-order valence-electron chi connectivity index (χ2n) is 16.0. The first-order valence-electron chi connectivity index (χ1n) is 20.4. The van der Waals surface area contributed by atoms with Gasteiger partial charge in [-0.2, -0.15) is 0 Å². The van der Waals surface area contributed by atoms with Crippen LogP contribution in [0.1, 0.15) is 22.3 Å². The zero-order chi connectivity index (χ0) is 39.1. The van der Waals surface area contributed by atoms with E-state index in [1.54, 1.807) is 0 Å². The van der Waals surface area contributed by atoms with E-state index in [2.05, 4.69) is 174 Å². The Labute approximate surface area is 350 Å². The lowest BCUT2D eigenvalue weighted by Gasteiger charge is -2.38. The normalized spacial score (nSPS) is 14.0. The summed E-state index contributed by atoms with van der Waals surface area (Å²) in [6, 6.07) is 70.7. The number of nitrogens with zero attached hydrogens (tertiary/aromatic N) is 2. The first-order valence-corrected chi connectivity index (χ1v) is 21.2. The average Bonchev–Trinajstić information content (AvgIpc) is 3.94. The van der Waals surface area contributed by atoms with Crippen molar-refractivity contribution in [1.82, 2.24) is 0 Å². The Hall–Kier alpha value is -7.60. The van der Waals surface area contributed by atoms with Crippen LogP contribution >= 0.6 is 11.3 Å². The number of para-hydroxylation sites is 3. The molecule has 1 spiro atoms. The molecule has 3 heterocycles. The summed E-state index contributed by atoms with van der Waals surface area (Å²) in [5.41, 5.74) is 16.1. The van der Waals surface area contributed by atoms with E-state index in [9.17, 15) is 0 Å². The number of fused-ring (bicyclic) bond motifs is 17. The highest BCUT2D eigenvalue weighted by molar-refractivity contribution is 7.26. The molecule has 2 aliphatic carbocycles. The highest BCUT2D eigenvalue weighted by Gasteiger charge is 2.51. The van der Waals surface area contributed by atoms with E-state index < -0.39 is 5.41 Å². The van der Waals surface area contributed by atoms with Gasteiger partial charge in [0.2, 0.25) is 0 Å². The molecule has 0 amide bonds. The van der Waals surface area contributed by atoms with Gasteiger partial charge in [-0.3, -0.25) is 4.90 Å². The minimum Gasteiger partial charge on any atom is -0.453 e. The molecule has 5 heteroatoms.